The number of amides is 2. The van der Waals surface area contributed by atoms with Crippen LogP contribution >= 0.6 is 15.9 Å². The van der Waals surface area contributed by atoms with Crippen molar-refractivity contribution in [2.24, 2.45) is 0 Å². The molecule has 3 aromatic carbocycles. The first-order valence-corrected chi connectivity index (χ1v) is 10.2. The Hall–Kier alpha value is -3.58. The number of benzene rings is 3. The van der Waals surface area contributed by atoms with Gasteiger partial charge in [-0.3, -0.25) is 24.1 Å². The molecule has 4 rings (SSSR count). The van der Waals surface area contributed by atoms with Gasteiger partial charge in [0.1, 0.15) is 6.54 Å². The molecule has 0 spiro atoms. The summed E-state index contributed by atoms with van der Waals surface area (Å²) in [6.07, 6.45) is 0. The second-order valence-corrected chi connectivity index (χ2v) is 7.83. The van der Waals surface area contributed by atoms with Gasteiger partial charge in [0.2, 0.25) is 0 Å². The number of nitrogens with zero attached hydrogens (tertiary/aromatic N) is 1. The van der Waals surface area contributed by atoms with Crippen molar-refractivity contribution in [2.45, 2.75) is 0 Å². The van der Waals surface area contributed by atoms with Crippen molar-refractivity contribution in [1.82, 2.24) is 4.90 Å². The lowest BCUT2D eigenvalue weighted by Crippen LogP contribution is -2.36. The van der Waals surface area contributed by atoms with Crippen molar-refractivity contribution in [3.8, 4) is 11.1 Å². The summed E-state index contributed by atoms with van der Waals surface area (Å²) in [6, 6.07) is 21.4. The summed E-state index contributed by atoms with van der Waals surface area (Å²) in [7, 11) is 0. The second kappa shape index (κ2) is 8.65. The Balaban J connectivity index is 1.34. The molecule has 6 nitrogen and oxygen atoms in total. The number of ether oxygens (including phenoxy) is 1. The van der Waals surface area contributed by atoms with Crippen LogP contribution in [-0.4, -0.2) is 41.6 Å². The van der Waals surface area contributed by atoms with Gasteiger partial charge in [0, 0.05) is 10.0 Å². The summed E-state index contributed by atoms with van der Waals surface area (Å²) in [5, 5.41) is 0. The van der Waals surface area contributed by atoms with Crippen LogP contribution in [0.5, 0.6) is 0 Å². The van der Waals surface area contributed by atoms with Crippen LogP contribution in [0.3, 0.4) is 0 Å². The van der Waals surface area contributed by atoms with E-state index in [0.717, 1.165) is 16.0 Å². The number of carbonyl (C=O) groups excluding carboxylic acids is 4. The Bertz CT molecular complexity index is 1190. The highest BCUT2D eigenvalue weighted by Crippen LogP contribution is 2.26. The van der Waals surface area contributed by atoms with Crippen molar-refractivity contribution in [1.29, 1.82) is 0 Å². The van der Waals surface area contributed by atoms with Crippen LogP contribution < -0.4 is 0 Å². The SMILES string of the molecule is O=C(CN1C(=O)c2ccc(Br)cc2C1=O)OCC(=O)c1ccc(-c2ccccc2)cc1. The molecule has 7 heteroatoms. The molecule has 1 aliphatic rings. The Morgan fingerprint density at radius 3 is 2.16 bits per heavy atom. The van der Waals surface area contributed by atoms with Crippen LogP contribution in [0.1, 0.15) is 31.1 Å². The van der Waals surface area contributed by atoms with Gasteiger partial charge in [-0.05, 0) is 29.3 Å². The Kier molecular flexibility index (Phi) is 5.77. The highest BCUT2D eigenvalue weighted by Gasteiger charge is 2.37. The largest absolute Gasteiger partial charge is 0.456 e. The molecule has 3 aromatic rings. The third kappa shape index (κ3) is 4.32. The molecule has 1 heterocycles. The fourth-order valence-corrected chi connectivity index (χ4v) is 3.65. The predicted molar refractivity (Wildman–Crippen MR) is 117 cm³/mol. The fraction of sp³-hybridized carbons (Fsp3) is 0.0833. The van der Waals surface area contributed by atoms with Crippen LogP contribution in [0, 0.1) is 0 Å². The van der Waals surface area contributed by atoms with E-state index >= 15 is 0 Å². The number of fused-ring (bicyclic) bond motifs is 1. The third-order valence-corrected chi connectivity index (χ3v) is 5.39. The van der Waals surface area contributed by atoms with Crippen LogP contribution in [0.2, 0.25) is 0 Å². The topological polar surface area (TPSA) is 80.8 Å². The maximum atomic E-state index is 12.4. The minimum Gasteiger partial charge on any atom is -0.456 e. The number of imide groups is 1. The molecule has 2 amide bonds. The van der Waals surface area contributed by atoms with Crippen LogP contribution in [0.4, 0.5) is 0 Å². The molecule has 0 saturated carbocycles. The van der Waals surface area contributed by atoms with Crippen LogP contribution in [0.15, 0.2) is 77.3 Å². The second-order valence-electron chi connectivity index (χ2n) is 6.91. The van der Waals surface area contributed by atoms with Crippen molar-refractivity contribution >= 4 is 39.5 Å². The number of hydrogen-bond acceptors (Lipinski definition) is 5. The number of esters is 1. The van der Waals surface area contributed by atoms with Crippen molar-refractivity contribution in [3.05, 3.63) is 94.0 Å². The monoisotopic (exact) mass is 477 g/mol. The van der Waals surface area contributed by atoms with E-state index in [1.54, 1.807) is 18.2 Å². The molecule has 0 unspecified atom stereocenters. The van der Waals surface area contributed by atoms with Gasteiger partial charge >= 0.3 is 5.97 Å². The molecule has 0 saturated heterocycles. The molecular weight excluding hydrogens is 462 g/mol. The molecule has 0 radical (unpaired) electrons. The van der Waals surface area contributed by atoms with E-state index in [0.29, 0.717) is 10.0 Å². The van der Waals surface area contributed by atoms with Crippen molar-refractivity contribution in [2.75, 3.05) is 13.2 Å². The molecule has 0 N–H and O–H groups in total. The normalized spacial score (nSPS) is 12.6. The first-order chi connectivity index (χ1) is 14.9. The zero-order chi connectivity index (χ0) is 22.0. The number of carbonyl (C=O) groups is 4. The molecule has 154 valence electrons. The molecule has 0 fully saturated rings. The molecule has 0 aromatic heterocycles. The van der Waals surface area contributed by atoms with Crippen LogP contribution in [0.25, 0.3) is 11.1 Å². The zero-order valence-corrected chi connectivity index (χ0v) is 17.8. The average molecular weight is 478 g/mol. The van der Waals surface area contributed by atoms with Gasteiger partial charge in [0.25, 0.3) is 11.8 Å². The lowest BCUT2D eigenvalue weighted by Gasteiger charge is -2.12. The maximum absolute atomic E-state index is 12.4. The number of Topliss-reactive ketones (excluding diaryl/α,β-unsaturated/α-hetero) is 1. The first kappa shape index (κ1) is 20.7. The van der Waals surface area contributed by atoms with E-state index in [1.807, 2.05) is 42.5 Å². The minimum absolute atomic E-state index is 0.224. The Morgan fingerprint density at radius 1 is 0.806 bits per heavy atom. The molecule has 31 heavy (non-hydrogen) atoms. The lowest BCUT2D eigenvalue weighted by molar-refractivity contribution is -0.142. The number of hydrogen-bond donors (Lipinski definition) is 0. The summed E-state index contributed by atoms with van der Waals surface area (Å²) < 4.78 is 5.66. The maximum Gasteiger partial charge on any atom is 0.326 e. The van der Waals surface area contributed by atoms with Gasteiger partial charge < -0.3 is 4.74 Å². The van der Waals surface area contributed by atoms with E-state index in [2.05, 4.69) is 15.9 Å². The van der Waals surface area contributed by atoms with E-state index in [-0.39, 0.29) is 16.9 Å². The zero-order valence-electron chi connectivity index (χ0n) is 16.2. The van der Waals surface area contributed by atoms with Gasteiger partial charge in [-0.2, -0.15) is 0 Å². The van der Waals surface area contributed by atoms with Gasteiger partial charge in [0.05, 0.1) is 11.1 Å². The van der Waals surface area contributed by atoms with Gasteiger partial charge in [-0.1, -0.05) is 70.5 Å². The summed E-state index contributed by atoms with van der Waals surface area (Å²) in [4.78, 5) is 50.1. The minimum atomic E-state index is -0.831. The number of rotatable bonds is 6. The number of ketones is 1. The van der Waals surface area contributed by atoms with Crippen LogP contribution in [-0.2, 0) is 9.53 Å². The molecule has 0 bridgehead atoms. The lowest BCUT2D eigenvalue weighted by atomic mass is 10.0. The first-order valence-electron chi connectivity index (χ1n) is 9.44. The highest BCUT2D eigenvalue weighted by molar-refractivity contribution is 9.10. The molecule has 0 aliphatic carbocycles. The van der Waals surface area contributed by atoms with Crippen molar-refractivity contribution in [3.63, 3.8) is 0 Å². The molecule has 0 atom stereocenters. The third-order valence-electron chi connectivity index (χ3n) is 4.90. The molecular formula is C24H16BrNO5. The highest BCUT2D eigenvalue weighted by atomic mass is 79.9. The summed E-state index contributed by atoms with van der Waals surface area (Å²) in [5.41, 5.74) is 2.85. The van der Waals surface area contributed by atoms with Gasteiger partial charge in [0.15, 0.2) is 12.4 Å². The Morgan fingerprint density at radius 2 is 1.45 bits per heavy atom. The standard InChI is InChI=1S/C24H16BrNO5/c25-18-10-11-19-20(12-18)24(30)26(23(19)29)13-22(28)31-14-21(27)17-8-6-16(7-9-17)15-4-2-1-3-5-15/h1-12H,13-14H2. The number of halogens is 1. The predicted octanol–water partition coefficient (Wildman–Crippen LogP) is 4.14. The van der Waals surface area contributed by atoms with E-state index < -0.39 is 30.9 Å². The molecule has 1 aliphatic heterocycles. The fourth-order valence-electron chi connectivity index (χ4n) is 3.29. The average Bonchev–Trinajstić information content (AvgIpc) is 3.02. The summed E-state index contributed by atoms with van der Waals surface area (Å²) in [5.74, 6) is -2.34. The van der Waals surface area contributed by atoms with E-state index in [4.69, 9.17) is 4.74 Å². The van der Waals surface area contributed by atoms with E-state index in [9.17, 15) is 19.2 Å². The smallest absolute Gasteiger partial charge is 0.326 e. The Labute approximate surface area is 186 Å². The van der Waals surface area contributed by atoms with Crippen molar-refractivity contribution < 1.29 is 23.9 Å². The van der Waals surface area contributed by atoms with E-state index in [1.165, 1.54) is 12.1 Å². The van der Waals surface area contributed by atoms with Gasteiger partial charge in [-0.25, -0.2) is 0 Å². The summed E-state index contributed by atoms with van der Waals surface area (Å²) >= 11 is 3.25. The quantitative estimate of drug-likeness (QED) is 0.302. The summed E-state index contributed by atoms with van der Waals surface area (Å²) in [6.45, 7) is -1.03. The van der Waals surface area contributed by atoms with Gasteiger partial charge in [-0.15, -0.1) is 0 Å².